The van der Waals surface area contributed by atoms with E-state index < -0.39 is 50.8 Å². The van der Waals surface area contributed by atoms with Crippen LogP contribution in [0.4, 0.5) is 23.1 Å². The highest BCUT2D eigenvalue weighted by atomic mass is 35.5. The topological polar surface area (TPSA) is 247 Å². The highest BCUT2D eigenvalue weighted by Crippen LogP contribution is 2.44. The molecule has 17 heteroatoms. The Morgan fingerprint density at radius 2 is 1.56 bits per heavy atom. The molecule has 3 aromatic rings. The van der Waals surface area contributed by atoms with E-state index in [1.807, 2.05) is 5.32 Å². The van der Waals surface area contributed by atoms with Crippen molar-refractivity contribution in [3.05, 3.63) is 58.7 Å². The van der Waals surface area contributed by atoms with Crippen LogP contribution in [-0.2, 0) is 15.4 Å². The molecule has 0 aliphatic carbocycles. The molecule has 0 bridgehead atoms. The summed E-state index contributed by atoms with van der Waals surface area (Å²) in [6, 6.07) is 8.63. The number of rotatable bonds is 9. The molecule has 1 saturated heterocycles. The molecule has 2 heterocycles. The molecule has 10 N–H and O–H groups in total. The fraction of sp³-hybridized carbons (Fsp3) is 0.429. The lowest BCUT2D eigenvalue weighted by Gasteiger charge is -2.46. The van der Waals surface area contributed by atoms with Gasteiger partial charge in [0.1, 0.15) is 16.4 Å². The molecule has 2 aromatic carbocycles. The third-order valence-corrected chi connectivity index (χ3v) is 9.27. The summed E-state index contributed by atoms with van der Waals surface area (Å²) in [6.07, 6.45) is -0.261. The van der Waals surface area contributed by atoms with Crippen LogP contribution in [0.1, 0.15) is 51.7 Å². The van der Waals surface area contributed by atoms with Crippen LogP contribution in [0, 0.1) is 6.92 Å². The van der Waals surface area contributed by atoms with Gasteiger partial charge in [-0.15, -0.1) is 0 Å². The predicted molar refractivity (Wildman–Crippen MR) is 162 cm³/mol. The van der Waals surface area contributed by atoms with Gasteiger partial charge in [0.15, 0.2) is 10.8 Å². The summed E-state index contributed by atoms with van der Waals surface area (Å²) < 4.78 is 31.7. The Balaban J connectivity index is 1.74. The number of hydrogen-bond acceptors (Lipinski definition) is 15. The lowest BCUT2D eigenvalue weighted by atomic mass is 9.79. The fourth-order valence-corrected chi connectivity index (χ4v) is 6.30. The largest absolute Gasteiger partial charge is 0.461 e. The van der Waals surface area contributed by atoms with Crippen molar-refractivity contribution in [3.8, 4) is 5.75 Å². The van der Waals surface area contributed by atoms with Crippen LogP contribution in [0.5, 0.6) is 5.75 Å². The summed E-state index contributed by atoms with van der Waals surface area (Å²) in [6.45, 7) is 6.55. The Hall–Kier alpha value is -3.16. The molecule has 0 atom stereocenters. The Bertz CT molecular complexity index is 1690. The van der Waals surface area contributed by atoms with Gasteiger partial charge in [-0.2, -0.15) is 4.98 Å². The number of aryl methyl sites for hydroxylation is 1. The van der Waals surface area contributed by atoms with E-state index in [4.69, 9.17) is 16.3 Å². The number of hydrogen-bond donors (Lipinski definition) is 10. The van der Waals surface area contributed by atoms with E-state index in [9.17, 15) is 44.2 Å². The van der Waals surface area contributed by atoms with E-state index in [-0.39, 0.29) is 44.4 Å². The Labute approximate surface area is 264 Å². The molecule has 0 amide bonds. The van der Waals surface area contributed by atoms with Crippen molar-refractivity contribution in [2.45, 2.75) is 80.5 Å². The highest BCUT2D eigenvalue weighted by Gasteiger charge is 2.53. The van der Waals surface area contributed by atoms with Gasteiger partial charge >= 0.3 is 0 Å². The number of aromatic nitrogens is 2. The van der Waals surface area contributed by atoms with Crippen molar-refractivity contribution in [2.75, 3.05) is 10.6 Å². The van der Waals surface area contributed by atoms with Crippen LogP contribution >= 0.6 is 11.6 Å². The molecule has 0 spiro atoms. The summed E-state index contributed by atoms with van der Waals surface area (Å²) >= 11 is 6.33. The molecule has 1 aromatic heterocycles. The molecule has 1 aliphatic rings. The van der Waals surface area contributed by atoms with E-state index in [2.05, 4.69) is 20.6 Å². The maximum atomic E-state index is 13.0. The van der Waals surface area contributed by atoms with Crippen molar-refractivity contribution in [1.29, 1.82) is 0 Å². The van der Waals surface area contributed by atoms with Gasteiger partial charge in [0.05, 0.1) is 22.5 Å². The third-order valence-electron chi connectivity index (χ3n) is 6.74. The van der Waals surface area contributed by atoms with Crippen LogP contribution < -0.4 is 20.7 Å². The van der Waals surface area contributed by atoms with Crippen molar-refractivity contribution in [3.63, 3.8) is 0 Å². The maximum absolute atomic E-state index is 13.0. The van der Waals surface area contributed by atoms with Crippen LogP contribution in [0.25, 0.3) is 0 Å². The molecule has 1 aliphatic heterocycles. The van der Waals surface area contributed by atoms with Gasteiger partial charge in [-0.1, -0.05) is 23.7 Å². The molecule has 246 valence electrons. The zero-order valence-corrected chi connectivity index (χ0v) is 26.6. The minimum absolute atomic E-state index is 0.000611. The van der Waals surface area contributed by atoms with E-state index >= 15 is 0 Å². The molecule has 0 radical (unpaired) electrons. The number of sulfone groups is 1. The molecular weight excluding hydrogens is 634 g/mol. The molecular formula is C28H36ClN5O10S. The number of nitrogens with one attached hydrogen (secondary N) is 3. The lowest BCUT2D eigenvalue weighted by molar-refractivity contribution is -0.345. The number of nitrogens with zero attached hydrogens (tertiary/aromatic N) is 2. The Morgan fingerprint density at radius 1 is 0.956 bits per heavy atom. The van der Waals surface area contributed by atoms with Gasteiger partial charge in [-0.3, -0.25) is 0 Å². The average Bonchev–Trinajstić information content (AvgIpc) is 2.84. The smallest absolute Gasteiger partial charge is 0.229 e. The molecule has 0 unspecified atom stereocenters. The van der Waals surface area contributed by atoms with Crippen molar-refractivity contribution in [1.82, 2.24) is 15.3 Å². The normalized spacial score (nSPS) is 17.9. The second-order valence-corrected chi connectivity index (χ2v) is 14.8. The standard InChI is InChI=1S/C28H36ClN5O10S/c1-15-10-19(20(44-24(2,3)35)11-16(15)26(37)13-27(38,39)34-28(40,41)14-26)32-23-30-12-17(29)22(33-23)31-18-8-6-7-9-21(18)45(42,43)25(4,5)36/h6-12,34-41H,13-14H2,1-5H3,(H2,30,31,32,33). The maximum Gasteiger partial charge on any atom is 0.229 e. The first-order valence-corrected chi connectivity index (χ1v) is 15.4. The quantitative estimate of drug-likeness (QED) is 0.145. The first-order chi connectivity index (χ1) is 20.4. The van der Waals surface area contributed by atoms with Crippen LogP contribution in [0.15, 0.2) is 47.5 Å². The van der Waals surface area contributed by atoms with Gasteiger partial charge in [-0.05, 0) is 56.2 Å². The van der Waals surface area contributed by atoms with E-state index in [1.165, 1.54) is 50.4 Å². The van der Waals surface area contributed by atoms with Crippen LogP contribution in [-0.4, -0.2) is 76.7 Å². The Kier molecular flexibility index (Phi) is 8.93. The number of benzene rings is 2. The number of anilines is 4. The molecule has 45 heavy (non-hydrogen) atoms. The van der Waals surface area contributed by atoms with Crippen LogP contribution in [0.3, 0.4) is 0 Å². The third kappa shape index (κ3) is 7.81. The monoisotopic (exact) mass is 669 g/mol. The number of piperidine rings is 1. The van der Waals surface area contributed by atoms with Crippen LogP contribution in [0.2, 0.25) is 5.02 Å². The molecule has 15 nitrogen and oxygen atoms in total. The van der Waals surface area contributed by atoms with E-state index in [1.54, 1.807) is 13.0 Å². The first-order valence-electron chi connectivity index (χ1n) is 13.5. The van der Waals surface area contributed by atoms with Gasteiger partial charge < -0.3 is 51.1 Å². The zero-order chi connectivity index (χ0) is 33.8. The summed E-state index contributed by atoms with van der Waals surface area (Å²) in [4.78, 5) is 6.22. The number of halogens is 1. The summed E-state index contributed by atoms with van der Waals surface area (Å²) in [7, 11) is -4.20. The SMILES string of the molecule is Cc1cc(Nc2ncc(Cl)c(Nc3ccccc3S(=O)(=O)C(C)(C)O)n2)c(OC(C)(C)O)cc1C1(O)CC(O)(O)NC(O)(O)C1. The number of para-hydroxylation sites is 1. The van der Waals surface area contributed by atoms with E-state index in [0.717, 1.165) is 13.8 Å². The van der Waals surface area contributed by atoms with E-state index in [0.29, 0.717) is 5.56 Å². The van der Waals surface area contributed by atoms with Crippen molar-refractivity contribution < 1.29 is 48.9 Å². The van der Waals surface area contributed by atoms with Gasteiger partial charge in [0.2, 0.25) is 33.4 Å². The zero-order valence-electron chi connectivity index (χ0n) is 25.0. The first kappa shape index (κ1) is 34.7. The molecule has 0 saturated carbocycles. The highest BCUT2D eigenvalue weighted by molar-refractivity contribution is 7.92. The predicted octanol–water partition coefficient (Wildman–Crippen LogP) is 1.38. The molecule has 4 rings (SSSR count). The average molecular weight is 670 g/mol. The molecule has 1 fully saturated rings. The second kappa shape index (κ2) is 11.6. The number of ether oxygens (including phenoxy) is 1. The summed E-state index contributed by atoms with van der Waals surface area (Å²) in [5, 5.41) is 80.4. The van der Waals surface area contributed by atoms with Crippen molar-refractivity contribution >= 4 is 44.6 Å². The van der Waals surface area contributed by atoms with Gasteiger partial charge in [0, 0.05) is 26.7 Å². The van der Waals surface area contributed by atoms with Gasteiger partial charge in [-0.25, -0.2) is 18.7 Å². The minimum atomic E-state index is -4.20. The minimum Gasteiger partial charge on any atom is -0.461 e. The van der Waals surface area contributed by atoms with Crippen molar-refractivity contribution in [2.24, 2.45) is 0 Å². The fourth-order valence-electron chi connectivity index (χ4n) is 4.95. The lowest BCUT2D eigenvalue weighted by Crippen LogP contribution is -2.67. The number of aliphatic hydroxyl groups is 7. The summed E-state index contributed by atoms with van der Waals surface area (Å²) in [5.74, 6) is -7.57. The Morgan fingerprint density at radius 3 is 2.13 bits per heavy atom. The van der Waals surface area contributed by atoms with Gasteiger partial charge in [0.25, 0.3) is 0 Å². The summed E-state index contributed by atoms with van der Waals surface area (Å²) in [5.41, 5.74) is -1.54. The second-order valence-electron chi connectivity index (χ2n) is 11.9.